The Kier molecular flexibility index (Phi) is 5.23. The van der Waals surface area contributed by atoms with Crippen molar-refractivity contribution in [3.63, 3.8) is 0 Å². The molecule has 26 heavy (non-hydrogen) atoms. The van der Waals surface area contributed by atoms with Gasteiger partial charge in [0.15, 0.2) is 0 Å². The third-order valence-electron chi connectivity index (χ3n) is 4.76. The lowest BCUT2D eigenvalue weighted by atomic mass is 9.96. The number of aliphatic carboxylic acids is 1. The van der Waals surface area contributed by atoms with Crippen molar-refractivity contribution < 1.29 is 14.7 Å². The molecule has 1 heterocycles. The molecule has 2 aromatic carbocycles. The van der Waals surface area contributed by atoms with E-state index in [4.69, 9.17) is 0 Å². The quantitative estimate of drug-likeness (QED) is 0.786. The summed E-state index contributed by atoms with van der Waals surface area (Å²) in [5.41, 5.74) is 4.76. The zero-order valence-electron chi connectivity index (χ0n) is 15.0. The van der Waals surface area contributed by atoms with Crippen molar-refractivity contribution >= 4 is 23.4 Å². The van der Waals surface area contributed by atoms with Crippen molar-refractivity contribution in [1.82, 2.24) is 4.90 Å². The van der Waals surface area contributed by atoms with Gasteiger partial charge in [-0.3, -0.25) is 9.69 Å². The second kappa shape index (κ2) is 7.58. The summed E-state index contributed by atoms with van der Waals surface area (Å²) in [6.07, 6.45) is 0.702. The molecule has 136 valence electrons. The minimum Gasteiger partial charge on any atom is -0.480 e. The lowest BCUT2D eigenvalue weighted by molar-refractivity contribution is -0.143. The van der Waals surface area contributed by atoms with E-state index >= 15 is 0 Å². The predicted molar refractivity (Wildman–Crippen MR) is 101 cm³/mol. The number of benzene rings is 2. The summed E-state index contributed by atoms with van der Waals surface area (Å²) in [4.78, 5) is 25.4. The van der Waals surface area contributed by atoms with E-state index in [9.17, 15) is 14.7 Å². The fourth-order valence-electron chi connectivity index (χ4n) is 3.16. The maximum Gasteiger partial charge on any atom is 0.323 e. The normalized spacial score (nSPS) is 15.0. The molecule has 0 fully saturated rings. The molecular weight excluding hydrogens is 330 g/mol. The molecule has 1 aliphatic heterocycles. The highest BCUT2D eigenvalue weighted by atomic mass is 16.4. The molecule has 0 radical (unpaired) electrons. The van der Waals surface area contributed by atoms with E-state index in [0.29, 0.717) is 19.5 Å². The van der Waals surface area contributed by atoms with Gasteiger partial charge >= 0.3 is 12.0 Å². The molecule has 0 aliphatic carbocycles. The van der Waals surface area contributed by atoms with Crippen molar-refractivity contribution in [2.24, 2.45) is 0 Å². The van der Waals surface area contributed by atoms with Crippen LogP contribution in [0.2, 0.25) is 0 Å². The maximum absolute atomic E-state index is 12.3. The minimum atomic E-state index is -0.819. The first kappa shape index (κ1) is 17.9. The van der Waals surface area contributed by atoms with Gasteiger partial charge in [-0.1, -0.05) is 29.8 Å². The third kappa shape index (κ3) is 4.03. The Balaban J connectivity index is 1.70. The van der Waals surface area contributed by atoms with Gasteiger partial charge in [0.25, 0.3) is 0 Å². The van der Waals surface area contributed by atoms with E-state index in [1.165, 1.54) is 0 Å². The second-order valence-corrected chi connectivity index (χ2v) is 6.62. The Morgan fingerprint density at radius 1 is 1.12 bits per heavy atom. The van der Waals surface area contributed by atoms with Crippen molar-refractivity contribution in [1.29, 1.82) is 0 Å². The molecule has 3 N–H and O–H groups in total. The van der Waals surface area contributed by atoms with Crippen molar-refractivity contribution in [3.8, 4) is 0 Å². The van der Waals surface area contributed by atoms with Crippen molar-refractivity contribution in [3.05, 3.63) is 59.2 Å². The summed E-state index contributed by atoms with van der Waals surface area (Å²) < 4.78 is 0. The molecule has 1 atom stereocenters. The Morgan fingerprint density at radius 3 is 2.54 bits per heavy atom. The Morgan fingerprint density at radius 2 is 1.85 bits per heavy atom. The van der Waals surface area contributed by atoms with Gasteiger partial charge in [0.2, 0.25) is 0 Å². The molecule has 2 amide bonds. The number of fused-ring (bicyclic) bond motifs is 1. The zero-order valence-corrected chi connectivity index (χ0v) is 15.0. The van der Waals surface area contributed by atoms with Crippen LogP contribution in [0.4, 0.5) is 16.2 Å². The second-order valence-electron chi connectivity index (χ2n) is 6.62. The van der Waals surface area contributed by atoms with E-state index < -0.39 is 12.0 Å². The van der Waals surface area contributed by atoms with E-state index in [0.717, 1.165) is 28.1 Å². The Hall–Kier alpha value is -2.86. The standard InChI is InChI=1S/C20H23N3O3/c1-13-6-8-16(9-7-13)21-20(26)22-18-5-3-4-15-12-23(11-10-17(15)18)14(2)19(24)25/h3-9,14H,10-12H2,1-2H3,(H,24,25)(H2,21,22,26). The summed E-state index contributed by atoms with van der Waals surface area (Å²) in [6, 6.07) is 12.5. The average molecular weight is 353 g/mol. The van der Waals surface area contributed by atoms with E-state index in [1.54, 1.807) is 6.92 Å². The molecule has 1 aliphatic rings. The van der Waals surface area contributed by atoms with Gasteiger partial charge in [0.05, 0.1) is 0 Å². The zero-order chi connectivity index (χ0) is 18.7. The largest absolute Gasteiger partial charge is 0.480 e. The number of aryl methyl sites for hydroxylation is 1. The number of urea groups is 1. The number of nitrogens with zero attached hydrogens (tertiary/aromatic N) is 1. The summed E-state index contributed by atoms with van der Waals surface area (Å²) in [5.74, 6) is -0.819. The summed E-state index contributed by atoms with van der Waals surface area (Å²) in [6.45, 7) is 4.91. The van der Waals surface area contributed by atoms with Gasteiger partial charge in [-0.2, -0.15) is 0 Å². The molecule has 0 saturated carbocycles. The Bertz CT molecular complexity index is 818. The number of carbonyl (C=O) groups is 2. The number of carbonyl (C=O) groups excluding carboxylic acids is 1. The predicted octanol–water partition coefficient (Wildman–Crippen LogP) is 3.47. The van der Waals surface area contributed by atoms with Gasteiger partial charge in [-0.15, -0.1) is 0 Å². The topological polar surface area (TPSA) is 81.7 Å². The lowest BCUT2D eigenvalue weighted by Gasteiger charge is -2.32. The molecule has 0 saturated heterocycles. The van der Waals surface area contributed by atoms with Crippen LogP contribution in [0.1, 0.15) is 23.6 Å². The van der Waals surface area contributed by atoms with Crippen LogP contribution in [-0.2, 0) is 17.8 Å². The molecule has 3 rings (SSSR count). The lowest BCUT2D eigenvalue weighted by Crippen LogP contribution is -2.42. The van der Waals surface area contributed by atoms with Crippen LogP contribution in [-0.4, -0.2) is 34.6 Å². The van der Waals surface area contributed by atoms with Gasteiger partial charge in [-0.25, -0.2) is 4.79 Å². The number of amides is 2. The first-order valence-corrected chi connectivity index (χ1v) is 8.66. The van der Waals surface area contributed by atoms with Gasteiger partial charge in [-0.05, 0) is 49.6 Å². The van der Waals surface area contributed by atoms with E-state index in [2.05, 4.69) is 10.6 Å². The summed E-state index contributed by atoms with van der Waals surface area (Å²) in [5, 5.41) is 14.9. The van der Waals surface area contributed by atoms with Gasteiger partial charge in [0, 0.05) is 24.5 Å². The van der Waals surface area contributed by atoms with Crippen LogP contribution in [0.25, 0.3) is 0 Å². The Labute approximate surface area is 152 Å². The average Bonchev–Trinajstić information content (AvgIpc) is 2.62. The molecule has 6 nitrogen and oxygen atoms in total. The number of carboxylic acids is 1. The van der Waals surface area contributed by atoms with Crippen LogP contribution in [0, 0.1) is 6.92 Å². The number of hydrogen-bond donors (Lipinski definition) is 3. The molecule has 2 aromatic rings. The highest BCUT2D eigenvalue weighted by molar-refractivity contribution is 6.00. The summed E-state index contributed by atoms with van der Waals surface area (Å²) in [7, 11) is 0. The first-order valence-electron chi connectivity index (χ1n) is 8.66. The molecule has 0 spiro atoms. The number of anilines is 2. The van der Waals surface area contributed by atoms with Crippen molar-refractivity contribution in [2.45, 2.75) is 32.9 Å². The molecular formula is C20H23N3O3. The van der Waals surface area contributed by atoms with Crippen LogP contribution >= 0.6 is 0 Å². The number of hydrogen-bond acceptors (Lipinski definition) is 3. The minimum absolute atomic E-state index is 0.288. The number of carboxylic acid groups (broad SMARTS) is 1. The van der Waals surface area contributed by atoms with E-state index in [-0.39, 0.29) is 6.03 Å². The fourth-order valence-corrected chi connectivity index (χ4v) is 3.16. The van der Waals surface area contributed by atoms with Crippen LogP contribution < -0.4 is 10.6 Å². The third-order valence-corrected chi connectivity index (χ3v) is 4.76. The van der Waals surface area contributed by atoms with Crippen LogP contribution in [0.15, 0.2) is 42.5 Å². The van der Waals surface area contributed by atoms with Crippen LogP contribution in [0.5, 0.6) is 0 Å². The highest BCUT2D eigenvalue weighted by Gasteiger charge is 2.26. The number of nitrogens with one attached hydrogen (secondary N) is 2. The summed E-state index contributed by atoms with van der Waals surface area (Å²) >= 11 is 0. The highest BCUT2D eigenvalue weighted by Crippen LogP contribution is 2.27. The van der Waals surface area contributed by atoms with Gasteiger partial charge in [0.1, 0.15) is 6.04 Å². The fraction of sp³-hybridized carbons (Fsp3) is 0.300. The number of rotatable bonds is 4. The molecule has 6 heteroatoms. The van der Waals surface area contributed by atoms with Crippen LogP contribution in [0.3, 0.4) is 0 Å². The molecule has 0 aromatic heterocycles. The van der Waals surface area contributed by atoms with Crippen molar-refractivity contribution in [2.75, 3.05) is 17.2 Å². The van der Waals surface area contributed by atoms with Gasteiger partial charge < -0.3 is 15.7 Å². The SMILES string of the molecule is Cc1ccc(NC(=O)Nc2cccc3c2CCN(C(C)C(=O)O)C3)cc1. The molecule has 1 unspecified atom stereocenters. The maximum atomic E-state index is 12.3. The van der Waals surface area contributed by atoms with E-state index in [1.807, 2.05) is 54.3 Å². The molecule has 0 bridgehead atoms. The monoisotopic (exact) mass is 353 g/mol. The first-order chi connectivity index (χ1) is 12.4. The smallest absolute Gasteiger partial charge is 0.323 e.